The highest BCUT2D eigenvalue weighted by atomic mass is 32.2. The molecule has 3 amide bonds. The Labute approximate surface area is 224 Å². The Balaban J connectivity index is 1.64. The molecule has 0 bridgehead atoms. The van der Waals surface area contributed by atoms with E-state index in [4.69, 9.17) is 0 Å². The van der Waals surface area contributed by atoms with E-state index >= 15 is 0 Å². The first-order valence-electron chi connectivity index (χ1n) is 13.1. The van der Waals surface area contributed by atoms with E-state index in [0.717, 1.165) is 36.1 Å². The molecule has 1 fully saturated rings. The third-order valence-corrected chi connectivity index (χ3v) is 9.03. The van der Waals surface area contributed by atoms with Crippen LogP contribution in [0.25, 0.3) is 0 Å². The zero-order valence-corrected chi connectivity index (χ0v) is 23.0. The fourth-order valence-corrected chi connectivity index (χ4v) is 6.58. The first-order chi connectivity index (χ1) is 18.1. The van der Waals surface area contributed by atoms with Crippen LogP contribution in [0.4, 0.5) is 11.4 Å². The average molecular weight is 538 g/mol. The molecule has 1 unspecified atom stereocenters. The van der Waals surface area contributed by atoms with Gasteiger partial charge >= 0.3 is 0 Å². The van der Waals surface area contributed by atoms with E-state index < -0.39 is 27.9 Å². The topological polar surface area (TPSA) is 104 Å². The van der Waals surface area contributed by atoms with Crippen molar-refractivity contribution in [2.75, 3.05) is 16.8 Å². The maximum absolute atomic E-state index is 13.9. The normalized spacial score (nSPS) is 18.3. The minimum atomic E-state index is -4.12. The van der Waals surface area contributed by atoms with E-state index in [-0.39, 0.29) is 23.8 Å². The Morgan fingerprint density at radius 3 is 2.32 bits per heavy atom. The number of carbonyl (C=O) groups excluding carboxylic acids is 3. The number of anilines is 2. The van der Waals surface area contributed by atoms with Crippen LogP contribution in [0.2, 0.25) is 0 Å². The number of amides is 3. The first-order valence-corrected chi connectivity index (χ1v) is 14.6. The molecule has 4 rings (SSSR count). The Bertz CT molecular complexity index is 1330. The van der Waals surface area contributed by atoms with Gasteiger partial charge in [-0.05, 0) is 80.0 Å². The van der Waals surface area contributed by atoms with Gasteiger partial charge in [-0.3, -0.25) is 14.4 Å². The standard InChI is InChI=1S/C29H35N3O5S/c1-20(2)23-9-13-25(14-10-23)32-28(34)19-27(29(32)35)31(18-17-22-7-5-4-6-8-22)38(36,37)26-15-11-24(12-16-26)30-21(3)33/h7,9-16,20,27H,4-6,8,17-19H2,1-3H3,(H,30,33). The maximum Gasteiger partial charge on any atom is 0.252 e. The fraction of sp³-hybridized carbons (Fsp3) is 0.414. The van der Waals surface area contributed by atoms with Crippen molar-refractivity contribution in [1.82, 2.24) is 4.31 Å². The number of rotatable bonds is 9. The monoisotopic (exact) mass is 537 g/mol. The molecule has 202 valence electrons. The Morgan fingerprint density at radius 2 is 1.74 bits per heavy atom. The van der Waals surface area contributed by atoms with Gasteiger partial charge in [-0.2, -0.15) is 4.31 Å². The summed E-state index contributed by atoms with van der Waals surface area (Å²) in [5.74, 6) is -0.924. The number of benzene rings is 2. The van der Waals surface area contributed by atoms with E-state index in [1.807, 2.05) is 12.1 Å². The number of nitrogens with one attached hydrogen (secondary N) is 1. The predicted molar refractivity (Wildman–Crippen MR) is 147 cm³/mol. The lowest BCUT2D eigenvalue weighted by Gasteiger charge is -2.28. The van der Waals surface area contributed by atoms with Crippen molar-refractivity contribution in [2.45, 2.75) is 76.2 Å². The van der Waals surface area contributed by atoms with Gasteiger partial charge in [-0.15, -0.1) is 0 Å². The van der Waals surface area contributed by atoms with Gasteiger partial charge in [0.2, 0.25) is 21.8 Å². The van der Waals surface area contributed by atoms with Crippen LogP contribution in [0, 0.1) is 0 Å². The quantitative estimate of drug-likeness (QED) is 0.359. The summed E-state index contributed by atoms with van der Waals surface area (Å²) >= 11 is 0. The van der Waals surface area contributed by atoms with Gasteiger partial charge in [0.15, 0.2) is 0 Å². The summed E-state index contributed by atoms with van der Waals surface area (Å²) in [5.41, 5.74) is 3.17. The molecule has 38 heavy (non-hydrogen) atoms. The summed E-state index contributed by atoms with van der Waals surface area (Å²) in [5, 5.41) is 2.62. The summed E-state index contributed by atoms with van der Waals surface area (Å²) < 4.78 is 28.9. The molecule has 9 heteroatoms. The third kappa shape index (κ3) is 6.05. The van der Waals surface area contributed by atoms with Crippen LogP contribution in [0.5, 0.6) is 0 Å². The molecule has 1 N–H and O–H groups in total. The second-order valence-corrected chi connectivity index (χ2v) is 12.1. The zero-order valence-electron chi connectivity index (χ0n) is 22.1. The van der Waals surface area contributed by atoms with Crippen LogP contribution in [0.15, 0.2) is 65.1 Å². The Morgan fingerprint density at radius 1 is 1.05 bits per heavy atom. The molecule has 2 aromatic rings. The molecule has 1 heterocycles. The maximum atomic E-state index is 13.9. The predicted octanol–water partition coefficient (Wildman–Crippen LogP) is 4.98. The van der Waals surface area contributed by atoms with Gasteiger partial charge < -0.3 is 5.32 Å². The minimum absolute atomic E-state index is 0.00390. The van der Waals surface area contributed by atoms with Crippen molar-refractivity contribution in [3.05, 3.63) is 65.7 Å². The molecule has 0 aromatic heterocycles. The zero-order chi connectivity index (χ0) is 27.4. The highest BCUT2D eigenvalue weighted by molar-refractivity contribution is 7.89. The molecule has 8 nitrogen and oxygen atoms in total. The number of hydrogen-bond donors (Lipinski definition) is 1. The van der Waals surface area contributed by atoms with Gasteiger partial charge in [0, 0.05) is 19.2 Å². The number of hydrogen-bond acceptors (Lipinski definition) is 5. The van der Waals surface area contributed by atoms with Crippen LogP contribution >= 0.6 is 0 Å². The molecule has 0 radical (unpaired) electrons. The second kappa shape index (κ2) is 11.6. The Hall–Kier alpha value is -3.30. The SMILES string of the molecule is CC(=O)Nc1ccc(S(=O)(=O)N(CCC2=CCCCC2)C2CC(=O)N(c3ccc(C(C)C)cc3)C2=O)cc1. The molecule has 2 aliphatic rings. The van der Waals surface area contributed by atoms with Crippen molar-refractivity contribution < 1.29 is 22.8 Å². The second-order valence-electron chi connectivity index (χ2n) is 10.2. The van der Waals surface area contributed by atoms with E-state index in [1.165, 1.54) is 41.1 Å². The first kappa shape index (κ1) is 27.7. The van der Waals surface area contributed by atoms with Crippen molar-refractivity contribution in [2.24, 2.45) is 0 Å². The molecular formula is C29H35N3O5S. The van der Waals surface area contributed by atoms with Crippen molar-refractivity contribution in [3.8, 4) is 0 Å². The van der Waals surface area contributed by atoms with Crippen LogP contribution < -0.4 is 10.2 Å². The third-order valence-electron chi connectivity index (χ3n) is 7.11. The lowest BCUT2D eigenvalue weighted by Crippen LogP contribution is -2.46. The van der Waals surface area contributed by atoms with Crippen LogP contribution in [-0.4, -0.2) is 43.0 Å². The van der Waals surface area contributed by atoms with Crippen molar-refractivity contribution >= 4 is 39.1 Å². The summed E-state index contributed by atoms with van der Waals surface area (Å²) in [4.78, 5) is 39.2. The number of carbonyl (C=O) groups is 3. The molecule has 1 aliphatic heterocycles. The smallest absolute Gasteiger partial charge is 0.252 e. The van der Waals surface area contributed by atoms with Gasteiger partial charge in [0.05, 0.1) is 17.0 Å². The summed E-state index contributed by atoms with van der Waals surface area (Å²) in [6.07, 6.45) is 6.49. The summed E-state index contributed by atoms with van der Waals surface area (Å²) in [6, 6.07) is 12.0. The van der Waals surface area contributed by atoms with E-state index in [0.29, 0.717) is 23.7 Å². The van der Waals surface area contributed by atoms with Crippen molar-refractivity contribution in [1.29, 1.82) is 0 Å². The molecule has 2 aromatic carbocycles. The lowest BCUT2D eigenvalue weighted by atomic mass is 9.97. The molecular weight excluding hydrogens is 502 g/mol. The van der Waals surface area contributed by atoms with Gasteiger partial charge in [-0.1, -0.05) is 37.6 Å². The minimum Gasteiger partial charge on any atom is -0.326 e. The summed E-state index contributed by atoms with van der Waals surface area (Å²) in [7, 11) is -4.12. The molecule has 1 aliphatic carbocycles. The molecule has 1 atom stereocenters. The Kier molecular flexibility index (Phi) is 8.47. The van der Waals surface area contributed by atoms with E-state index in [1.54, 1.807) is 12.1 Å². The van der Waals surface area contributed by atoms with Gasteiger partial charge in [-0.25, -0.2) is 13.3 Å². The fourth-order valence-electron chi connectivity index (χ4n) is 5.00. The number of nitrogens with zero attached hydrogens (tertiary/aromatic N) is 2. The highest BCUT2D eigenvalue weighted by Gasteiger charge is 2.46. The molecule has 0 saturated carbocycles. The number of allylic oxidation sites excluding steroid dienone is 1. The van der Waals surface area contributed by atoms with Crippen molar-refractivity contribution in [3.63, 3.8) is 0 Å². The van der Waals surface area contributed by atoms with Crippen LogP contribution in [0.1, 0.15) is 70.8 Å². The summed E-state index contributed by atoms with van der Waals surface area (Å²) in [6.45, 7) is 5.59. The lowest BCUT2D eigenvalue weighted by molar-refractivity contribution is -0.122. The average Bonchev–Trinajstić information content (AvgIpc) is 3.18. The van der Waals surface area contributed by atoms with Crippen LogP contribution in [0.3, 0.4) is 0 Å². The number of sulfonamides is 1. The van der Waals surface area contributed by atoms with Crippen LogP contribution in [-0.2, 0) is 24.4 Å². The largest absolute Gasteiger partial charge is 0.326 e. The molecule has 1 saturated heterocycles. The highest BCUT2D eigenvalue weighted by Crippen LogP contribution is 2.32. The van der Waals surface area contributed by atoms with Gasteiger partial charge in [0.1, 0.15) is 6.04 Å². The molecule has 0 spiro atoms. The number of imide groups is 1. The van der Waals surface area contributed by atoms with E-state index in [2.05, 4.69) is 25.2 Å². The van der Waals surface area contributed by atoms with E-state index in [9.17, 15) is 22.8 Å². The van der Waals surface area contributed by atoms with Gasteiger partial charge in [0.25, 0.3) is 5.91 Å².